The van der Waals surface area contributed by atoms with Crippen LogP contribution in [0.25, 0.3) is 5.57 Å². The van der Waals surface area contributed by atoms with E-state index in [1.807, 2.05) is 48.5 Å². The lowest BCUT2D eigenvalue weighted by Crippen LogP contribution is -2.31. The molecule has 3 aromatic rings. The normalized spacial score (nSPS) is 13.9. The molecule has 0 atom stereocenters. The number of hydrogen-bond acceptors (Lipinski definition) is 4. The van der Waals surface area contributed by atoms with Crippen LogP contribution in [0.5, 0.6) is 5.75 Å². The smallest absolute Gasteiger partial charge is 0.268 e. The molecule has 2 amide bonds. The topological polar surface area (TPSA) is 46.6 Å². The highest BCUT2D eigenvalue weighted by molar-refractivity contribution is 8.04. The summed E-state index contributed by atoms with van der Waals surface area (Å²) in [6.07, 6.45) is 0. The first-order valence-electron chi connectivity index (χ1n) is 9.29. The minimum Gasteiger partial charge on any atom is -0.497 e. The van der Waals surface area contributed by atoms with Crippen molar-refractivity contribution < 1.29 is 14.3 Å². The third-order valence-electron chi connectivity index (χ3n) is 4.75. The summed E-state index contributed by atoms with van der Waals surface area (Å²) in [4.78, 5) is 29.2. The van der Waals surface area contributed by atoms with Gasteiger partial charge in [0.2, 0.25) is 0 Å². The summed E-state index contributed by atoms with van der Waals surface area (Å²) < 4.78 is 5.22. The fraction of sp³-hybridized carbons (Fsp3) is 0.0833. The fourth-order valence-electron chi connectivity index (χ4n) is 3.21. The van der Waals surface area contributed by atoms with Crippen LogP contribution < -0.4 is 4.74 Å². The Balaban J connectivity index is 1.74. The Kier molecular flexibility index (Phi) is 5.93. The number of benzene rings is 3. The van der Waals surface area contributed by atoms with Crippen molar-refractivity contribution >= 4 is 40.8 Å². The Hall–Kier alpha value is -3.02. The van der Waals surface area contributed by atoms with Gasteiger partial charge in [-0.2, -0.15) is 0 Å². The van der Waals surface area contributed by atoms with Crippen LogP contribution in [0.3, 0.4) is 0 Å². The zero-order valence-corrected chi connectivity index (χ0v) is 17.7. The fourth-order valence-corrected chi connectivity index (χ4v) is 4.44. The van der Waals surface area contributed by atoms with Gasteiger partial charge in [-0.1, -0.05) is 71.9 Å². The number of rotatable bonds is 6. The molecule has 30 heavy (non-hydrogen) atoms. The molecule has 150 valence electrons. The standard InChI is InChI=1S/C24H18ClNO3S/c1-29-18-13-11-16(12-14-18)21-22(30-19-8-3-2-4-9-19)24(28)26(23(21)27)15-17-7-5-6-10-20(17)25/h2-14H,15H2,1H3. The summed E-state index contributed by atoms with van der Waals surface area (Å²) >= 11 is 7.57. The maximum absolute atomic E-state index is 13.3. The molecule has 4 rings (SSSR count). The second kappa shape index (κ2) is 8.78. The van der Waals surface area contributed by atoms with Crippen molar-refractivity contribution in [1.82, 2.24) is 4.90 Å². The maximum atomic E-state index is 13.3. The molecule has 1 heterocycles. The summed E-state index contributed by atoms with van der Waals surface area (Å²) in [5.41, 5.74) is 1.79. The molecular weight excluding hydrogens is 418 g/mol. The molecule has 0 fully saturated rings. The number of amides is 2. The summed E-state index contributed by atoms with van der Waals surface area (Å²) in [5, 5.41) is 0.522. The predicted molar refractivity (Wildman–Crippen MR) is 119 cm³/mol. The zero-order chi connectivity index (χ0) is 21.1. The third-order valence-corrected chi connectivity index (χ3v) is 6.21. The van der Waals surface area contributed by atoms with Crippen LogP contribution in [-0.4, -0.2) is 23.8 Å². The molecule has 0 aromatic heterocycles. The average Bonchev–Trinajstić information content (AvgIpc) is 3.00. The molecular formula is C24H18ClNO3S. The minimum atomic E-state index is -0.330. The first-order valence-corrected chi connectivity index (χ1v) is 10.5. The van der Waals surface area contributed by atoms with E-state index in [2.05, 4.69) is 0 Å². The molecule has 0 aliphatic carbocycles. The van der Waals surface area contributed by atoms with Gasteiger partial charge in [0.05, 0.1) is 24.1 Å². The van der Waals surface area contributed by atoms with E-state index in [4.69, 9.17) is 16.3 Å². The van der Waals surface area contributed by atoms with Crippen molar-refractivity contribution in [3.8, 4) is 5.75 Å². The van der Waals surface area contributed by atoms with Gasteiger partial charge in [0.1, 0.15) is 5.75 Å². The lowest BCUT2D eigenvalue weighted by molar-refractivity contribution is -0.137. The quantitative estimate of drug-likeness (QED) is 0.485. The van der Waals surface area contributed by atoms with Crippen LogP contribution in [0.1, 0.15) is 11.1 Å². The van der Waals surface area contributed by atoms with Crippen LogP contribution in [0.2, 0.25) is 5.02 Å². The molecule has 0 radical (unpaired) electrons. The highest BCUT2D eigenvalue weighted by Crippen LogP contribution is 2.40. The monoisotopic (exact) mass is 435 g/mol. The van der Waals surface area contributed by atoms with Gasteiger partial charge in [0.15, 0.2) is 0 Å². The first-order chi connectivity index (χ1) is 14.6. The van der Waals surface area contributed by atoms with Crippen LogP contribution >= 0.6 is 23.4 Å². The first kappa shape index (κ1) is 20.3. The van der Waals surface area contributed by atoms with Crippen LogP contribution in [0.15, 0.2) is 88.7 Å². The highest BCUT2D eigenvalue weighted by Gasteiger charge is 2.39. The average molecular weight is 436 g/mol. The number of methoxy groups -OCH3 is 1. The number of ether oxygens (including phenoxy) is 1. The summed E-state index contributed by atoms with van der Waals surface area (Å²) in [6.45, 7) is 0.121. The van der Waals surface area contributed by atoms with Gasteiger partial charge < -0.3 is 4.74 Å². The molecule has 4 nitrogen and oxygen atoms in total. The van der Waals surface area contributed by atoms with Gasteiger partial charge >= 0.3 is 0 Å². The van der Waals surface area contributed by atoms with E-state index in [0.29, 0.717) is 26.8 Å². The number of imide groups is 1. The molecule has 0 N–H and O–H groups in total. The Morgan fingerprint density at radius 3 is 2.20 bits per heavy atom. The van der Waals surface area contributed by atoms with E-state index in [1.54, 1.807) is 37.4 Å². The van der Waals surface area contributed by atoms with Crippen molar-refractivity contribution in [2.24, 2.45) is 0 Å². The SMILES string of the molecule is COc1ccc(C2=C(Sc3ccccc3)C(=O)N(Cc3ccccc3Cl)C2=O)cc1. The molecule has 3 aromatic carbocycles. The molecule has 6 heteroatoms. The van der Waals surface area contributed by atoms with Gasteiger partial charge in [-0.05, 0) is 41.5 Å². The number of hydrogen-bond donors (Lipinski definition) is 0. The van der Waals surface area contributed by atoms with Gasteiger partial charge in [0, 0.05) is 9.92 Å². The Morgan fingerprint density at radius 1 is 0.867 bits per heavy atom. The molecule has 1 aliphatic heterocycles. The molecule has 1 aliphatic rings. The third kappa shape index (κ3) is 3.99. The van der Waals surface area contributed by atoms with Crippen LogP contribution in [0, 0.1) is 0 Å². The molecule has 0 unspecified atom stereocenters. The van der Waals surface area contributed by atoms with E-state index in [0.717, 1.165) is 10.5 Å². The van der Waals surface area contributed by atoms with Crippen LogP contribution in [-0.2, 0) is 16.1 Å². The van der Waals surface area contributed by atoms with E-state index in [-0.39, 0.29) is 18.4 Å². The van der Waals surface area contributed by atoms with Gasteiger partial charge in [-0.25, -0.2) is 0 Å². The summed E-state index contributed by atoms with van der Waals surface area (Å²) in [6, 6.07) is 23.9. The number of carbonyl (C=O) groups is 2. The summed E-state index contributed by atoms with van der Waals surface area (Å²) in [7, 11) is 1.58. The van der Waals surface area contributed by atoms with Gasteiger partial charge in [-0.3, -0.25) is 14.5 Å². The minimum absolute atomic E-state index is 0.121. The Labute approximate surface area is 184 Å². The van der Waals surface area contributed by atoms with Crippen molar-refractivity contribution in [3.05, 3.63) is 99.9 Å². The Bertz CT molecular complexity index is 1130. The van der Waals surface area contributed by atoms with E-state index >= 15 is 0 Å². The van der Waals surface area contributed by atoms with E-state index in [9.17, 15) is 9.59 Å². The molecule has 0 spiro atoms. The van der Waals surface area contributed by atoms with Crippen molar-refractivity contribution in [2.45, 2.75) is 11.4 Å². The van der Waals surface area contributed by atoms with E-state index in [1.165, 1.54) is 16.7 Å². The van der Waals surface area contributed by atoms with Gasteiger partial charge in [-0.15, -0.1) is 0 Å². The zero-order valence-electron chi connectivity index (χ0n) is 16.2. The summed E-state index contributed by atoms with van der Waals surface area (Å²) in [5.74, 6) is 0.0319. The highest BCUT2D eigenvalue weighted by atomic mass is 35.5. The van der Waals surface area contributed by atoms with Crippen molar-refractivity contribution in [2.75, 3.05) is 7.11 Å². The predicted octanol–water partition coefficient (Wildman–Crippen LogP) is 5.42. The number of carbonyl (C=O) groups excluding carboxylic acids is 2. The second-order valence-corrected chi connectivity index (χ2v) is 8.13. The van der Waals surface area contributed by atoms with E-state index < -0.39 is 0 Å². The second-order valence-electron chi connectivity index (χ2n) is 6.64. The van der Waals surface area contributed by atoms with Crippen molar-refractivity contribution in [3.63, 3.8) is 0 Å². The lowest BCUT2D eigenvalue weighted by atomic mass is 10.1. The molecule has 0 bridgehead atoms. The maximum Gasteiger partial charge on any atom is 0.268 e. The molecule has 0 saturated heterocycles. The Morgan fingerprint density at radius 2 is 1.53 bits per heavy atom. The van der Waals surface area contributed by atoms with Crippen molar-refractivity contribution in [1.29, 1.82) is 0 Å². The van der Waals surface area contributed by atoms with Crippen LogP contribution in [0.4, 0.5) is 0 Å². The molecule has 0 saturated carbocycles. The lowest BCUT2D eigenvalue weighted by Gasteiger charge is -2.16. The number of thioether (sulfide) groups is 1. The van der Waals surface area contributed by atoms with Gasteiger partial charge in [0.25, 0.3) is 11.8 Å². The number of halogens is 1. The largest absolute Gasteiger partial charge is 0.497 e. The number of nitrogens with zero attached hydrogens (tertiary/aromatic N) is 1.